The predicted octanol–water partition coefficient (Wildman–Crippen LogP) is 3.19. The molecule has 1 aliphatic rings. The lowest BCUT2D eigenvalue weighted by Gasteiger charge is -2.24. The fourth-order valence-corrected chi connectivity index (χ4v) is 2.34. The first-order chi connectivity index (χ1) is 9.06. The van der Waals surface area contributed by atoms with E-state index in [1.807, 2.05) is 7.05 Å². The number of nitrogens with one attached hydrogen (secondary N) is 1. The second-order valence-electron chi connectivity index (χ2n) is 5.80. The van der Waals surface area contributed by atoms with Crippen molar-refractivity contribution in [3.8, 4) is 0 Å². The molecule has 1 aliphatic carbocycles. The van der Waals surface area contributed by atoms with Crippen LogP contribution in [0.4, 0.5) is 11.6 Å². The molecule has 1 N–H and O–H groups in total. The van der Waals surface area contributed by atoms with E-state index >= 15 is 0 Å². The first kappa shape index (κ1) is 14.1. The normalized spacial score (nSPS) is 16.3. The van der Waals surface area contributed by atoms with Gasteiger partial charge in [0.25, 0.3) is 0 Å². The summed E-state index contributed by atoms with van der Waals surface area (Å²) in [4.78, 5) is 11.7. The van der Waals surface area contributed by atoms with Crippen LogP contribution in [0.25, 0.3) is 0 Å². The minimum atomic E-state index is 0.587. The van der Waals surface area contributed by atoms with Crippen molar-refractivity contribution in [3.63, 3.8) is 0 Å². The van der Waals surface area contributed by atoms with E-state index in [4.69, 9.17) is 4.98 Å². The predicted molar refractivity (Wildman–Crippen MR) is 81.0 cm³/mol. The second-order valence-corrected chi connectivity index (χ2v) is 5.80. The van der Waals surface area contributed by atoms with Gasteiger partial charge in [0.2, 0.25) is 0 Å². The Morgan fingerprint density at radius 3 is 2.58 bits per heavy atom. The Hall–Kier alpha value is -1.32. The lowest BCUT2D eigenvalue weighted by Crippen LogP contribution is -2.26. The standard InChI is InChI=1S/C15H26N4/c1-6-10(2)9-19(5)15-11(3)13(16-4)17-14(18-15)12-7-8-12/h10,12H,6-9H2,1-5H3,(H,16,17,18). The van der Waals surface area contributed by atoms with E-state index < -0.39 is 0 Å². The lowest BCUT2D eigenvalue weighted by molar-refractivity contribution is 0.556. The molecule has 0 aromatic carbocycles. The lowest BCUT2D eigenvalue weighted by atomic mass is 10.1. The van der Waals surface area contributed by atoms with E-state index in [1.54, 1.807) is 0 Å². The first-order valence-corrected chi connectivity index (χ1v) is 7.34. The van der Waals surface area contributed by atoms with Gasteiger partial charge in [0.05, 0.1) is 0 Å². The fourth-order valence-electron chi connectivity index (χ4n) is 2.34. The zero-order valence-electron chi connectivity index (χ0n) is 12.8. The van der Waals surface area contributed by atoms with E-state index in [9.17, 15) is 0 Å². The molecule has 1 saturated carbocycles. The van der Waals surface area contributed by atoms with E-state index in [0.717, 1.165) is 29.6 Å². The van der Waals surface area contributed by atoms with Crippen molar-refractivity contribution in [3.05, 3.63) is 11.4 Å². The van der Waals surface area contributed by atoms with Gasteiger partial charge in [-0.25, -0.2) is 9.97 Å². The number of aromatic nitrogens is 2. The molecule has 106 valence electrons. The molecule has 0 bridgehead atoms. The van der Waals surface area contributed by atoms with Gasteiger partial charge >= 0.3 is 0 Å². The average Bonchev–Trinajstić information content (AvgIpc) is 3.23. The summed E-state index contributed by atoms with van der Waals surface area (Å²) < 4.78 is 0. The summed E-state index contributed by atoms with van der Waals surface area (Å²) in [6.07, 6.45) is 3.67. The van der Waals surface area contributed by atoms with Crippen LogP contribution in [-0.4, -0.2) is 30.6 Å². The van der Waals surface area contributed by atoms with Crippen LogP contribution in [0.2, 0.25) is 0 Å². The number of rotatable bonds is 6. The Bertz CT molecular complexity index is 440. The summed E-state index contributed by atoms with van der Waals surface area (Å²) in [5.41, 5.74) is 1.15. The monoisotopic (exact) mass is 262 g/mol. The van der Waals surface area contributed by atoms with E-state index in [2.05, 4.69) is 43.0 Å². The molecule has 0 aliphatic heterocycles. The van der Waals surface area contributed by atoms with Crippen LogP contribution in [0.3, 0.4) is 0 Å². The summed E-state index contributed by atoms with van der Waals surface area (Å²) in [5.74, 6) is 4.34. The molecule has 1 aromatic heterocycles. The number of hydrogen-bond acceptors (Lipinski definition) is 4. The molecule has 19 heavy (non-hydrogen) atoms. The fraction of sp³-hybridized carbons (Fsp3) is 0.733. The zero-order chi connectivity index (χ0) is 14.0. The summed E-state index contributed by atoms with van der Waals surface area (Å²) >= 11 is 0. The quantitative estimate of drug-likeness (QED) is 0.855. The molecule has 4 heteroatoms. The molecule has 0 amide bonds. The van der Waals surface area contributed by atoms with Crippen molar-refractivity contribution >= 4 is 11.6 Å². The Kier molecular flexibility index (Phi) is 4.27. The maximum absolute atomic E-state index is 4.80. The SMILES string of the molecule is CCC(C)CN(C)c1nc(C2CC2)nc(NC)c1C. The van der Waals surface area contributed by atoms with Crippen LogP contribution in [0.5, 0.6) is 0 Å². The Morgan fingerprint density at radius 1 is 1.37 bits per heavy atom. The molecule has 2 rings (SSSR count). The van der Waals surface area contributed by atoms with Crippen molar-refractivity contribution in [2.75, 3.05) is 30.9 Å². The molecule has 0 spiro atoms. The van der Waals surface area contributed by atoms with Crippen LogP contribution in [0.15, 0.2) is 0 Å². The van der Waals surface area contributed by atoms with E-state index in [1.165, 1.54) is 19.3 Å². The van der Waals surface area contributed by atoms with Gasteiger partial charge in [-0.1, -0.05) is 20.3 Å². The highest BCUT2D eigenvalue weighted by Crippen LogP contribution is 2.39. The average molecular weight is 262 g/mol. The molecule has 1 atom stereocenters. The second kappa shape index (κ2) is 5.76. The number of hydrogen-bond donors (Lipinski definition) is 1. The van der Waals surface area contributed by atoms with Gasteiger partial charge in [-0.05, 0) is 25.7 Å². The minimum Gasteiger partial charge on any atom is -0.373 e. The van der Waals surface area contributed by atoms with Crippen LogP contribution in [-0.2, 0) is 0 Å². The van der Waals surface area contributed by atoms with Gasteiger partial charge in [-0.2, -0.15) is 0 Å². The van der Waals surface area contributed by atoms with Gasteiger partial charge < -0.3 is 10.2 Å². The maximum atomic E-state index is 4.80. The third-order valence-corrected chi connectivity index (χ3v) is 3.96. The van der Waals surface area contributed by atoms with Crippen molar-refractivity contribution < 1.29 is 0 Å². The molecule has 1 fully saturated rings. The molecule has 1 unspecified atom stereocenters. The van der Waals surface area contributed by atoms with Crippen molar-refractivity contribution in [2.24, 2.45) is 5.92 Å². The van der Waals surface area contributed by atoms with Crippen LogP contribution >= 0.6 is 0 Å². The highest BCUT2D eigenvalue weighted by molar-refractivity contribution is 5.58. The van der Waals surface area contributed by atoms with Crippen molar-refractivity contribution in [1.82, 2.24) is 9.97 Å². The summed E-state index contributed by atoms with van der Waals surface area (Å²) in [6.45, 7) is 7.67. The highest BCUT2D eigenvalue weighted by Gasteiger charge is 2.28. The van der Waals surface area contributed by atoms with Crippen LogP contribution < -0.4 is 10.2 Å². The number of nitrogens with zero attached hydrogens (tertiary/aromatic N) is 3. The third-order valence-electron chi connectivity index (χ3n) is 3.96. The molecule has 1 aromatic rings. The van der Waals surface area contributed by atoms with Crippen LogP contribution in [0.1, 0.15) is 50.4 Å². The molecular formula is C15H26N4. The summed E-state index contributed by atoms with van der Waals surface area (Å²) in [7, 11) is 4.07. The van der Waals surface area contributed by atoms with Gasteiger partial charge in [-0.3, -0.25) is 0 Å². The zero-order valence-corrected chi connectivity index (χ0v) is 12.8. The molecular weight excluding hydrogens is 236 g/mol. The topological polar surface area (TPSA) is 41.1 Å². The van der Waals surface area contributed by atoms with Gasteiger partial charge in [0.1, 0.15) is 17.5 Å². The van der Waals surface area contributed by atoms with Crippen molar-refractivity contribution in [2.45, 2.75) is 46.0 Å². The first-order valence-electron chi connectivity index (χ1n) is 7.34. The summed E-state index contributed by atoms with van der Waals surface area (Å²) in [5, 5.41) is 3.20. The van der Waals surface area contributed by atoms with Crippen LogP contribution in [0, 0.1) is 12.8 Å². The van der Waals surface area contributed by atoms with E-state index in [0.29, 0.717) is 11.8 Å². The molecule has 4 nitrogen and oxygen atoms in total. The van der Waals surface area contributed by atoms with Gasteiger partial charge in [0.15, 0.2) is 0 Å². The van der Waals surface area contributed by atoms with Gasteiger partial charge in [0, 0.05) is 32.1 Å². The number of anilines is 2. The summed E-state index contributed by atoms with van der Waals surface area (Å²) in [6, 6.07) is 0. The Balaban J connectivity index is 2.29. The minimum absolute atomic E-state index is 0.587. The van der Waals surface area contributed by atoms with Gasteiger partial charge in [-0.15, -0.1) is 0 Å². The molecule has 1 heterocycles. The molecule has 0 radical (unpaired) electrons. The Morgan fingerprint density at radius 2 is 2.05 bits per heavy atom. The smallest absolute Gasteiger partial charge is 0.137 e. The maximum Gasteiger partial charge on any atom is 0.137 e. The largest absolute Gasteiger partial charge is 0.373 e. The third kappa shape index (κ3) is 3.17. The van der Waals surface area contributed by atoms with E-state index in [-0.39, 0.29) is 0 Å². The van der Waals surface area contributed by atoms with Crippen molar-refractivity contribution in [1.29, 1.82) is 0 Å². The highest BCUT2D eigenvalue weighted by atomic mass is 15.2. The Labute approximate surface area is 116 Å². The molecule has 0 saturated heterocycles.